The van der Waals surface area contributed by atoms with E-state index in [-0.39, 0.29) is 22.0 Å². The molecular formula is C16H11Cl2N3O4S. The Hall–Kier alpha value is -2.39. The zero-order chi connectivity index (χ0) is 19.1. The van der Waals surface area contributed by atoms with Crippen LogP contribution in [-0.4, -0.2) is 18.6 Å². The molecule has 0 saturated carbocycles. The lowest BCUT2D eigenvalue weighted by molar-refractivity contribution is 0.473. The van der Waals surface area contributed by atoms with E-state index in [4.69, 9.17) is 28.3 Å². The Morgan fingerprint density at radius 3 is 2.15 bits per heavy atom. The number of fused-ring (bicyclic) bond motifs is 1. The summed E-state index contributed by atoms with van der Waals surface area (Å²) < 4.78 is 22.5. The number of phenolic OH excluding ortho intramolecular Hbond substituents is 2. The molecule has 0 heterocycles. The van der Waals surface area contributed by atoms with Crippen molar-refractivity contribution in [2.24, 2.45) is 15.4 Å². The molecule has 0 aliphatic heterocycles. The van der Waals surface area contributed by atoms with Crippen molar-refractivity contribution in [3.8, 4) is 11.5 Å². The van der Waals surface area contributed by atoms with Crippen molar-refractivity contribution in [3.63, 3.8) is 0 Å². The van der Waals surface area contributed by atoms with Gasteiger partial charge in [-0.25, -0.2) is 13.6 Å². The smallest absolute Gasteiger partial charge is 0.238 e. The number of rotatable bonds is 3. The number of sulfonamides is 1. The number of primary sulfonamides is 1. The van der Waals surface area contributed by atoms with Crippen molar-refractivity contribution in [2.75, 3.05) is 0 Å². The van der Waals surface area contributed by atoms with Gasteiger partial charge >= 0.3 is 0 Å². The molecule has 0 fully saturated rings. The van der Waals surface area contributed by atoms with Gasteiger partial charge in [0, 0.05) is 21.9 Å². The third kappa shape index (κ3) is 3.45. The number of hydrogen-bond donors (Lipinski definition) is 3. The van der Waals surface area contributed by atoms with Crippen LogP contribution in [0.1, 0.15) is 0 Å². The Morgan fingerprint density at radius 2 is 1.50 bits per heavy atom. The molecule has 0 amide bonds. The summed E-state index contributed by atoms with van der Waals surface area (Å²) in [6.07, 6.45) is 0. The molecule has 0 radical (unpaired) electrons. The number of halogens is 2. The Bertz CT molecular complexity index is 1160. The summed E-state index contributed by atoms with van der Waals surface area (Å²) >= 11 is 12.2. The van der Waals surface area contributed by atoms with Crippen molar-refractivity contribution < 1.29 is 18.6 Å². The molecule has 0 aromatic heterocycles. The van der Waals surface area contributed by atoms with Gasteiger partial charge in [-0.1, -0.05) is 29.3 Å². The van der Waals surface area contributed by atoms with E-state index in [0.717, 1.165) is 6.07 Å². The van der Waals surface area contributed by atoms with Crippen molar-refractivity contribution in [1.29, 1.82) is 0 Å². The molecule has 0 aliphatic rings. The Morgan fingerprint density at radius 1 is 0.885 bits per heavy atom. The van der Waals surface area contributed by atoms with E-state index < -0.39 is 15.8 Å². The van der Waals surface area contributed by atoms with E-state index in [1.54, 1.807) is 18.2 Å². The second kappa shape index (κ2) is 6.73. The van der Waals surface area contributed by atoms with Gasteiger partial charge in [-0.15, -0.1) is 10.2 Å². The fourth-order valence-electron chi connectivity index (χ4n) is 2.29. The van der Waals surface area contributed by atoms with Gasteiger partial charge in [0.25, 0.3) is 0 Å². The first-order chi connectivity index (χ1) is 12.2. The molecule has 3 aromatic rings. The monoisotopic (exact) mass is 411 g/mol. The predicted molar refractivity (Wildman–Crippen MR) is 99.3 cm³/mol. The average molecular weight is 412 g/mol. The molecule has 10 heteroatoms. The molecular weight excluding hydrogens is 401 g/mol. The lowest BCUT2D eigenvalue weighted by atomic mass is 10.1. The summed E-state index contributed by atoms with van der Waals surface area (Å²) in [7, 11) is -3.95. The maximum atomic E-state index is 11.3. The first kappa shape index (κ1) is 18.4. The predicted octanol–water partition coefficient (Wildman–Crippen LogP) is 4.62. The van der Waals surface area contributed by atoms with Gasteiger partial charge in [-0.05, 0) is 30.3 Å². The highest BCUT2D eigenvalue weighted by Crippen LogP contribution is 2.42. The van der Waals surface area contributed by atoms with Crippen LogP contribution < -0.4 is 5.14 Å². The number of azo groups is 1. The quantitative estimate of drug-likeness (QED) is 0.543. The van der Waals surface area contributed by atoms with E-state index in [9.17, 15) is 18.6 Å². The number of hydrogen-bond acceptors (Lipinski definition) is 6. The SMILES string of the molecule is NS(=O)(=O)c1ccc(N=Nc2ccc3c(Cl)ccc(Cl)c3c2O)c(O)c1. The van der Waals surface area contributed by atoms with Gasteiger partial charge < -0.3 is 10.2 Å². The number of nitrogens with zero attached hydrogens (tertiary/aromatic N) is 2. The normalized spacial score (nSPS) is 12.1. The fourth-order valence-corrected chi connectivity index (χ4v) is 3.30. The van der Waals surface area contributed by atoms with Gasteiger partial charge in [0.05, 0.1) is 9.92 Å². The summed E-state index contributed by atoms with van der Waals surface area (Å²) in [6, 6.07) is 9.64. The van der Waals surface area contributed by atoms with E-state index >= 15 is 0 Å². The molecule has 0 aliphatic carbocycles. The first-order valence-electron chi connectivity index (χ1n) is 7.05. The Labute approximate surface area is 158 Å². The largest absolute Gasteiger partial charge is 0.506 e. The molecule has 0 saturated heterocycles. The summed E-state index contributed by atoms with van der Waals surface area (Å²) in [5.74, 6) is -0.652. The van der Waals surface area contributed by atoms with Crippen LogP contribution in [0.25, 0.3) is 10.8 Å². The summed E-state index contributed by atoms with van der Waals surface area (Å²) in [5.41, 5.74) is 0.0886. The van der Waals surface area contributed by atoms with Crippen LogP contribution in [0.4, 0.5) is 11.4 Å². The van der Waals surface area contributed by atoms with Crippen LogP contribution in [0.2, 0.25) is 10.0 Å². The minimum absolute atomic E-state index is 0.00547. The molecule has 3 rings (SSSR count). The zero-order valence-corrected chi connectivity index (χ0v) is 15.2. The van der Waals surface area contributed by atoms with Crippen molar-refractivity contribution in [1.82, 2.24) is 0 Å². The summed E-state index contributed by atoms with van der Waals surface area (Å²) in [4.78, 5) is -0.260. The highest BCUT2D eigenvalue weighted by atomic mass is 35.5. The van der Waals surface area contributed by atoms with Crippen LogP contribution in [0.3, 0.4) is 0 Å². The van der Waals surface area contributed by atoms with E-state index in [0.29, 0.717) is 20.8 Å². The molecule has 0 unspecified atom stereocenters. The lowest BCUT2D eigenvalue weighted by Gasteiger charge is -2.07. The number of benzene rings is 3. The minimum Gasteiger partial charge on any atom is -0.506 e. The van der Waals surface area contributed by atoms with E-state index in [1.807, 2.05) is 0 Å². The van der Waals surface area contributed by atoms with Crippen LogP contribution >= 0.6 is 23.2 Å². The number of phenols is 2. The zero-order valence-electron chi connectivity index (χ0n) is 12.9. The lowest BCUT2D eigenvalue weighted by Crippen LogP contribution is -2.11. The maximum absolute atomic E-state index is 11.3. The third-order valence-corrected chi connectivity index (χ3v) is 5.13. The Balaban J connectivity index is 2.04. The summed E-state index contributed by atoms with van der Waals surface area (Å²) in [6.45, 7) is 0. The molecule has 0 spiro atoms. The average Bonchev–Trinajstić information content (AvgIpc) is 2.57. The van der Waals surface area contributed by atoms with Crippen molar-refractivity contribution in [2.45, 2.75) is 4.90 Å². The standard InChI is InChI=1S/C16H11Cl2N3O4S/c17-10-3-4-11(18)15-9(10)2-6-13(16(15)23)21-20-12-5-1-8(7-14(12)22)26(19,24)25/h1-7,22-23H,(H2,19,24,25). The van der Waals surface area contributed by atoms with Crippen molar-refractivity contribution >= 4 is 55.4 Å². The van der Waals surface area contributed by atoms with Gasteiger partial charge in [0.1, 0.15) is 17.1 Å². The molecule has 4 N–H and O–H groups in total. The topological polar surface area (TPSA) is 125 Å². The molecule has 134 valence electrons. The Kier molecular flexibility index (Phi) is 4.76. The molecule has 26 heavy (non-hydrogen) atoms. The van der Waals surface area contributed by atoms with E-state index in [1.165, 1.54) is 18.2 Å². The van der Waals surface area contributed by atoms with Gasteiger partial charge in [0.15, 0.2) is 5.75 Å². The second-order valence-corrected chi connectivity index (χ2v) is 7.66. The summed E-state index contributed by atoms with van der Waals surface area (Å²) in [5, 5.41) is 34.6. The fraction of sp³-hybridized carbons (Fsp3) is 0. The molecule has 7 nitrogen and oxygen atoms in total. The third-order valence-electron chi connectivity index (χ3n) is 3.57. The van der Waals surface area contributed by atoms with Crippen LogP contribution in [-0.2, 0) is 10.0 Å². The van der Waals surface area contributed by atoms with Crippen LogP contribution in [0, 0.1) is 0 Å². The van der Waals surface area contributed by atoms with Gasteiger partial charge in [0.2, 0.25) is 10.0 Å². The highest BCUT2D eigenvalue weighted by molar-refractivity contribution is 7.89. The second-order valence-electron chi connectivity index (χ2n) is 5.28. The van der Waals surface area contributed by atoms with Gasteiger partial charge in [-0.2, -0.15) is 0 Å². The van der Waals surface area contributed by atoms with Crippen molar-refractivity contribution in [3.05, 3.63) is 52.5 Å². The molecule has 3 aromatic carbocycles. The molecule has 0 atom stereocenters. The number of nitrogens with two attached hydrogens (primary N) is 1. The highest BCUT2D eigenvalue weighted by Gasteiger charge is 2.13. The number of aromatic hydroxyl groups is 2. The van der Waals surface area contributed by atoms with Crippen LogP contribution in [0.5, 0.6) is 11.5 Å². The minimum atomic E-state index is -3.95. The van der Waals surface area contributed by atoms with Crippen LogP contribution in [0.15, 0.2) is 57.6 Å². The molecule has 0 bridgehead atoms. The van der Waals surface area contributed by atoms with Gasteiger partial charge in [-0.3, -0.25) is 0 Å². The van der Waals surface area contributed by atoms with E-state index in [2.05, 4.69) is 10.2 Å². The first-order valence-corrected chi connectivity index (χ1v) is 9.36. The maximum Gasteiger partial charge on any atom is 0.238 e.